The SMILES string of the molecule is NCC=CCOCC1CCOC1. The van der Waals surface area contributed by atoms with E-state index in [2.05, 4.69) is 0 Å². The number of rotatable bonds is 5. The lowest BCUT2D eigenvalue weighted by molar-refractivity contribution is 0.108. The van der Waals surface area contributed by atoms with Crippen molar-refractivity contribution in [2.75, 3.05) is 33.0 Å². The van der Waals surface area contributed by atoms with Crippen LogP contribution in [-0.2, 0) is 9.47 Å². The molecule has 3 nitrogen and oxygen atoms in total. The van der Waals surface area contributed by atoms with Crippen molar-refractivity contribution in [3.63, 3.8) is 0 Å². The van der Waals surface area contributed by atoms with Crippen LogP contribution in [0.4, 0.5) is 0 Å². The summed E-state index contributed by atoms with van der Waals surface area (Å²) in [5, 5.41) is 0. The quantitative estimate of drug-likeness (QED) is 0.485. The molecule has 12 heavy (non-hydrogen) atoms. The van der Waals surface area contributed by atoms with Gasteiger partial charge < -0.3 is 15.2 Å². The highest BCUT2D eigenvalue weighted by molar-refractivity contribution is 4.82. The highest BCUT2D eigenvalue weighted by Crippen LogP contribution is 2.11. The lowest BCUT2D eigenvalue weighted by atomic mass is 10.1. The maximum absolute atomic E-state index is 5.40. The van der Waals surface area contributed by atoms with Gasteiger partial charge in [-0.25, -0.2) is 0 Å². The fourth-order valence-corrected chi connectivity index (χ4v) is 1.18. The molecule has 70 valence electrons. The van der Waals surface area contributed by atoms with Gasteiger partial charge in [-0.2, -0.15) is 0 Å². The Morgan fingerprint density at radius 3 is 3.08 bits per heavy atom. The monoisotopic (exact) mass is 171 g/mol. The minimum absolute atomic E-state index is 0.593. The Bertz CT molecular complexity index is 130. The summed E-state index contributed by atoms with van der Waals surface area (Å²) in [7, 11) is 0. The average Bonchev–Trinajstić information content (AvgIpc) is 2.57. The Morgan fingerprint density at radius 2 is 2.42 bits per heavy atom. The summed E-state index contributed by atoms with van der Waals surface area (Å²) in [6.45, 7) is 3.84. The number of ether oxygens (including phenoxy) is 2. The Kier molecular flexibility index (Phi) is 4.99. The average molecular weight is 171 g/mol. The van der Waals surface area contributed by atoms with Gasteiger partial charge in [-0.1, -0.05) is 12.2 Å². The van der Waals surface area contributed by atoms with Crippen molar-refractivity contribution in [2.45, 2.75) is 6.42 Å². The van der Waals surface area contributed by atoms with Crippen molar-refractivity contribution < 1.29 is 9.47 Å². The summed E-state index contributed by atoms with van der Waals surface area (Å²) in [4.78, 5) is 0. The van der Waals surface area contributed by atoms with Crippen molar-refractivity contribution in [1.29, 1.82) is 0 Å². The van der Waals surface area contributed by atoms with Crippen molar-refractivity contribution >= 4 is 0 Å². The lowest BCUT2D eigenvalue weighted by Crippen LogP contribution is -2.09. The van der Waals surface area contributed by atoms with Crippen LogP contribution in [0.5, 0.6) is 0 Å². The van der Waals surface area contributed by atoms with Gasteiger partial charge in [0.2, 0.25) is 0 Å². The van der Waals surface area contributed by atoms with Crippen LogP contribution in [0.1, 0.15) is 6.42 Å². The Labute approximate surface area is 73.5 Å². The molecule has 0 saturated carbocycles. The highest BCUT2D eigenvalue weighted by atomic mass is 16.5. The van der Waals surface area contributed by atoms with Crippen molar-refractivity contribution in [2.24, 2.45) is 11.7 Å². The third kappa shape index (κ3) is 3.85. The molecule has 0 radical (unpaired) electrons. The van der Waals surface area contributed by atoms with E-state index >= 15 is 0 Å². The molecule has 1 aliphatic rings. The van der Waals surface area contributed by atoms with Crippen molar-refractivity contribution in [1.82, 2.24) is 0 Å². The van der Waals surface area contributed by atoms with Gasteiger partial charge in [-0.05, 0) is 6.42 Å². The topological polar surface area (TPSA) is 44.5 Å². The van der Waals surface area contributed by atoms with E-state index in [0.717, 1.165) is 26.2 Å². The molecule has 1 unspecified atom stereocenters. The lowest BCUT2D eigenvalue weighted by Gasteiger charge is -2.05. The summed E-state index contributed by atoms with van der Waals surface area (Å²) < 4.78 is 10.6. The van der Waals surface area contributed by atoms with Crippen LogP contribution in [0.25, 0.3) is 0 Å². The first kappa shape index (κ1) is 9.71. The Hall–Kier alpha value is -0.380. The zero-order valence-corrected chi connectivity index (χ0v) is 7.37. The van der Waals surface area contributed by atoms with Gasteiger partial charge in [0, 0.05) is 19.1 Å². The molecule has 0 amide bonds. The summed E-state index contributed by atoms with van der Waals surface area (Å²) in [5.74, 6) is 0.608. The van der Waals surface area contributed by atoms with Gasteiger partial charge >= 0.3 is 0 Å². The predicted molar refractivity (Wildman–Crippen MR) is 47.9 cm³/mol. The summed E-state index contributed by atoms with van der Waals surface area (Å²) in [6.07, 6.45) is 5.00. The molecule has 1 fully saturated rings. The van der Waals surface area contributed by atoms with Crippen LogP contribution in [0.15, 0.2) is 12.2 Å². The summed E-state index contributed by atoms with van der Waals surface area (Å²) in [5.41, 5.74) is 5.27. The van der Waals surface area contributed by atoms with Gasteiger partial charge in [-0.15, -0.1) is 0 Å². The van der Waals surface area contributed by atoms with Crippen LogP contribution >= 0.6 is 0 Å². The molecule has 0 aromatic rings. The molecule has 1 rings (SSSR count). The predicted octanol–water partition coefficient (Wildman–Crippen LogP) is 0.554. The second kappa shape index (κ2) is 6.17. The van der Waals surface area contributed by atoms with Gasteiger partial charge in [0.05, 0.1) is 19.8 Å². The molecule has 0 aliphatic carbocycles. The van der Waals surface area contributed by atoms with Gasteiger partial charge in [0.25, 0.3) is 0 Å². The van der Waals surface area contributed by atoms with E-state index in [1.54, 1.807) is 0 Å². The third-order valence-corrected chi connectivity index (χ3v) is 1.89. The molecule has 1 saturated heterocycles. The second-order valence-corrected chi connectivity index (χ2v) is 2.97. The Morgan fingerprint density at radius 1 is 1.50 bits per heavy atom. The van der Waals surface area contributed by atoms with Crippen LogP contribution < -0.4 is 5.73 Å². The van der Waals surface area contributed by atoms with Crippen molar-refractivity contribution in [3.8, 4) is 0 Å². The van der Waals surface area contributed by atoms with Crippen LogP contribution in [0.2, 0.25) is 0 Å². The van der Waals surface area contributed by atoms with Crippen LogP contribution in [-0.4, -0.2) is 33.0 Å². The van der Waals surface area contributed by atoms with Gasteiger partial charge in [0.1, 0.15) is 0 Å². The zero-order chi connectivity index (χ0) is 8.65. The second-order valence-electron chi connectivity index (χ2n) is 2.97. The van der Waals surface area contributed by atoms with E-state index < -0.39 is 0 Å². The van der Waals surface area contributed by atoms with E-state index in [1.807, 2.05) is 12.2 Å². The number of hydrogen-bond acceptors (Lipinski definition) is 3. The van der Waals surface area contributed by atoms with Crippen molar-refractivity contribution in [3.05, 3.63) is 12.2 Å². The maximum Gasteiger partial charge on any atom is 0.0648 e. The fraction of sp³-hybridized carbons (Fsp3) is 0.778. The fourth-order valence-electron chi connectivity index (χ4n) is 1.18. The summed E-state index contributed by atoms with van der Waals surface area (Å²) >= 11 is 0. The molecule has 1 aliphatic heterocycles. The maximum atomic E-state index is 5.40. The summed E-state index contributed by atoms with van der Waals surface area (Å²) in [6, 6.07) is 0. The van der Waals surface area contributed by atoms with E-state index in [1.165, 1.54) is 0 Å². The molecule has 1 atom stereocenters. The largest absolute Gasteiger partial charge is 0.381 e. The molecule has 0 bridgehead atoms. The highest BCUT2D eigenvalue weighted by Gasteiger charge is 2.14. The molecular weight excluding hydrogens is 154 g/mol. The van der Waals surface area contributed by atoms with E-state index in [-0.39, 0.29) is 0 Å². The molecule has 0 spiro atoms. The number of nitrogens with two attached hydrogens (primary N) is 1. The molecule has 0 aromatic carbocycles. The minimum atomic E-state index is 0.593. The first-order valence-electron chi connectivity index (χ1n) is 4.44. The first-order chi connectivity index (χ1) is 5.93. The normalized spacial score (nSPS) is 23.9. The molecule has 3 heteroatoms. The zero-order valence-electron chi connectivity index (χ0n) is 7.37. The van der Waals surface area contributed by atoms with E-state index in [4.69, 9.17) is 15.2 Å². The minimum Gasteiger partial charge on any atom is -0.381 e. The molecular formula is C9H17NO2. The standard InChI is InChI=1S/C9H17NO2/c10-4-1-2-5-11-7-9-3-6-12-8-9/h1-2,9H,3-8,10H2. The molecule has 1 heterocycles. The molecule has 0 aromatic heterocycles. The first-order valence-corrected chi connectivity index (χ1v) is 4.44. The van der Waals surface area contributed by atoms with Gasteiger partial charge in [-0.3, -0.25) is 0 Å². The number of hydrogen-bond donors (Lipinski definition) is 1. The van der Waals surface area contributed by atoms with E-state index in [9.17, 15) is 0 Å². The van der Waals surface area contributed by atoms with Crippen LogP contribution in [0.3, 0.4) is 0 Å². The van der Waals surface area contributed by atoms with Crippen LogP contribution in [0, 0.1) is 5.92 Å². The smallest absolute Gasteiger partial charge is 0.0648 e. The van der Waals surface area contributed by atoms with Gasteiger partial charge in [0.15, 0.2) is 0 Å². The Balaban J connectivity index is 1.91. The van der Waals surface area contributed by atoms with E-state index in [0.29, 0.717) is 19.1 Å². The third-order valence-electron chi connectivity index (χ3n) is 1.89. The molecule has 2 N–H and O–H groups in total.